The Kier molecular flexibility index (Phi) is 6.11. The summed E-state index contributed by atoms with van der Waals surface area (Å²) in [6, 6.07) is 13.5. The van der Waals surface area contributed by atoms with Crippen LogP contribution < -0.4 is 0 Å². The van der Waals surface area contributed by atoms with Gasteiger partial charge < -0.3 is 5.11 Å². The molecule has 1 aromatic carbocycles. The van der Waals surface area contributed by atoms with Gasteiger partial charge in [0.15, 0.2) is 0 Å². The predicted molar refractivity (Wildman–Crippen MR) is 102 cm³/mol. The van der Waals surface area contributed by atoms with E-state index in [9.17, 15) is 13.2 Å². The van der Waals surface area contributed by atoms with Crippen LogP contribution >= 0.6 is 11.3 Å². The summed E-state index contributed by atoms with van der Waals surface area (Å²) in [6.45, 7) is 1.07. The topological polar surface area (TPSA) is 74.7 Å². The molecule has 1 aliphatic heterocycles. The minimum absolute atomic E-state index is 0.137. The molecule has 2 heterocycles. The number of hydrogen-bond acceptors (Lipinski definition) is 4. The Morgan fingerprint density at radius 2 is 1.81 bits per heavy atom. The zero-order valence-electron chi connectivity index (χ0n) is 14.5. The molecule has 140 valence electrons. The first kappa shape index (κ1) is 19.1. The number of aryl methyl sites for hydroxylation is 1. The molecule has 3 rings (SSSR count). The van der Waals surface area contributed by atoms with E-state index in [1.54, 1.807) is 10.4 Å². The Labute approximate surface area is 158 Å². The van der Waals surface area contributed by atoms with Crippen molar-refractivity contribution < 1.29 is 18.3 Å². The summed E-state index contributed by atoms with van der Waals surface area (Å²) >= 11 is 1.06. The first-order valence-electron chi connectivity index (χ1n) is 8.80. The highest BCUT2D eigenvalue weighted by atomic mass is 32.2. The first-order valence-corrected chi connectivity index (χ1v) is 11.1. The molecule has 0 unspecified atom stereocenters. The van der Waals surface area contributed by atoms with E-state index in [4.69, 9.17) is 5.11 Å². The molecular weight excluding hydrogens is 370 g/mol. The van der Waals surface area contributed by atoms with Crippen LogP contribution in [0.3, 0.4) is 0 Å². The minimum atomic E-state index is -3.51. The number of piperidine rings is 1. The third-order valence-corrected chi connectivity index (χ3v) is 8.27. The molecule has 1 fully saturated rings. The van der Waals surface area contributed by atoms with E-state index in [1.807, 2.05) is 18.2 Å². The number of carboxylic acid groups (broad SMARTS) is 1. The van der Waals surface area contributed by atoms with Crippen molar-refractivity contribution in [3.63, 3.8) is 0 Å². The van der Waals surface area contributed by atoms with Gasteiger partial charge in [0.25, 0.3) is 10.0 Å². The third kappa shape index (κ3) is 4.72. The lowest BCUT2D eigenvalue weighted by atomic mass is 9.91. The molecule has 1 aliphatic rings. The molecule has 0 spiro atoms. The molecule has 0 radical (unpaired) electrons. The van der Waals surface area contributed by atoms with Crippen LogP contribution in [0.5, 0.6) is 0 Å². The van der Waals surface area contributed by atoms with Gasteiger partial charge in [-0.2, -0.15) is 4.31 Å². The fourth-order valence-corrected chi connectivity index (χ4v) is 6.29. The zero-order valence-corrected chi connectivity index (χ0v) is 16.1. The minimum Gasteiger partial charge on any atom is -0.481 e. The van der Waals surface area contributed by atoms with Crippen molar-refractivity contribution in [3.8, 4) is 0 Å². The van der Waals surface area contributed by atoms with Crippen molar-refractivity contribution in [2.24, 2.45) is 5.92 Å². The van der Waals surface area contributed by atoms with Gasteiger partial charge in [-0.3, -0.25) is 4.79 Å². The van der Waals surface area contributed by atoms with Crippen LogP contribution in [0.15, 0.2) is 46.7 Å². The Morgan fingerprint density at radius 3 is 2.46 bits per heavy atom. The normalized spacial score (nSPS) is 16.6. The molecule has 0 amide bonds. The van der Waals surface area contributed by atoms with Crippen LogP contribution in [0.1, 0.15) is 29.7 Å². The second-order valence-electron chi connectivity index (χ2n) is 6.66. The van der Waals surface area contributed by atoms with E-state index in [0.717, 1.165) is 37.0 Å². The van der Waals surface area contributed by atoms with Crippen molar-refractivity contribution in [2.75, 3.05) is 13.1 Å². The monoisotopic (exact) mass is 393 g/mol. The third-order valence-electron chi connectivity index (χ3n) is 4.81. The first-order chi connectivity index (χ1) is 12.4. The van der Waals surface area contributed by atoms with Gasteiger partial charge in [0.1, 0.15) is 4.21 Å². The van der Waals surface area contributed by atoms with Crippen molar-refractivity contribution in [3.05, 3.63) is 52.9 Å². The van der Waals surface area contributed by atoms with E-state index in [-0.39, 0.29) is 10.6 Å². The van der Waals surface area contributed by atoms with Gasteiger partial charge in [0.05, 0.1) is 6.42 Å². The highest BCUT2D eigenvalue weighted by Gasteiger charge is 2.30. The van der Waals surface area contributed by atoms with Gasteiger partial charge in [-0.25, -0.2) is 8.42 Å². The van der Waals surface area contributed by atoms with Crippen LogP contribution in [-0.2, 0) is 27.7 Å². The maximum absolute atomic E-state index is 12.8. The summed E-state index contributed by atoms with van der Waals surface area (Å²) in [4.78, 5) is 11.3. The van der Waals surface area contributed by atoms with Crippen LogP contribution in [0.2, 0.25) is 0 Å². The van der Waals surface area contributed by atoms with Crippen molar-refractivity contribution in [1.82, 2.24) is 4.31 Å². The molecule has 1 aromatic heterocycles. The van der Waals surface area contributed by atoms with Gasteiger partial charge in [-0.15, -0.1) is 11.3 Å². The molecule has 2 aromatic rings. The molecule has 0 saturated carbocycles. The number of carbonyl (C=O) groups is 1. The molecule has 0 atom stereocenters. The lowest BCUT2D eigenvalue weighted by molar-refractivity contribution is -0.136. The Bertz CT molecular complexity index is 837. The van der Waals surface area contributed by atoms with Gasteiger partial charge >= 0.3 is 5.97 Å². The van der Waals surface area contributed by atoms with Gasteiger partial charge in [-0.05, 0) is 49.3 Å². The summed E-state index contributed by atoms with van der Waals surface area (Å²) in [6.07, 6.45) is 3.72. The number of hydrogen-bond donors (Lipinski definition) is 1. The lowest BCUT2D eigenvalue weighted by Gasteiger charge is -2.30. The summed E-state index contributed by atoms with van der Waals surface area (Å²) in [5.41, 5.74) is 1.33. The highest BCUT2D eigenvalue weighted by Crippen LogP contribution is 2.30. The number of thiophene rings is 1. The average molecular weight is 394 g/mol. The molecule has 0 aliphatic carbocycles. The number of nitrogens with zero attached hydrogens (tertiary/aromatic N) is 1. The number of rotatable bonds is 7. The Hall–Kier alpha value is -1.70. The second kappa shape index (κ2) is 8.33. The summed E-state index contributed by atoms with van der Waals surface area (Å²) in [5, 5.41) is 8.84. The number of carboxylic acids is 1. The Morgan fingerprint density at radius 1 is 1.12 bits per heavy atom. The average Bonchev–Trinajstić information content (AvgIpc) is 3.10. The molecule has 0 bridgehead atoms. The number of sulfonamides is 1. The van der Waals surface area contributed by atoms with E-state index in [0.29, 0.717) is 23.9 Å². The number of aliphatic carboxylic acids is 1. The molecule has 26 heavy (non-hydrogen) atoms. The fraction of sp³-hybridized carbons (Fsp3) is 0.421. The lowest BCUT2D eigenvalue weighted by Crippen LogP contribution is -2.38. The molecule has 7 heteroatoms. The second-order valence-corrected chi connectivity index (χ2v) is 10.00. The van der Waals surface area contributed by atoms with Crippen LogP contribution in [0.4, 0.5) is 0 Å². The SMILES string of the molecule is O=C(O)Cc1ccc(S(=O)(=O)N2CCC(CCc3ccccc3)CC2)s1. The van der Waals surface area contributed by atoms with E-state index < -0.39 is 16.0 Å². The van der Waals surface area contributed by atoms with E-state index >= 15 is 0 Å². The van der Waals surface area contributed by atoms with Crippen LogP contribution in [-0.4, -0.2) is 36.9 Å². The zero-order chi connectivity index (χ0) is 18.6. The maximum Gasteiger partial charge on any atom is 0.308 e. The van der Waals surface area contributed by atoms with Crippen molar-refractivity contribution in [2.45, 2.75) is 36.3 Å². The van der Waals surface area contributed by atoms with Gasteiger partial charge in [0.2, 0.25) is 0 Å². The summed E-state index contributed by atoms with van der Waals surface area (Å²) < 4.78 is 27.3. The van der Waals surface area contributed by atoms with E-state index in [2.05, 4.69) is 12.1 Å². The number of benzene rings is 1. The standard InChI is InChI=1S/C19H23NO4S2/c21-18(22)14-17-8-9-19(25-17)26(23,24)20-12-10-16(11-13-20)7-6-15-4-2-1-3-5-15/h1-5,8-9,16H,6-7,10-14H2,(H,21,22). The molecular formula is C19H23NO4S2. The molecule has 1 N–H and O–H groups in total. The van der Waals surface area contributed by atoms with Gasteiger partial charge in [-0.1, -0.05) is 30.3 Å². The fourth-order valence-electron chi connectivity index (χ4n) is 3.32. The van der Waals surface area contributed by atoms with E-state index in [1.165, 1.54) is 11.6 Å². The van der Waals surface area contributed by atoms with Crippen molar-refractivity contribution in [1.29, 1.82) is 0 Å². The van der Waals surface area contributed by atoms with Crippen molar-refractivity contribution >= 4 is 27.3 Å². The van der Waals surface area contributed by atoms with Crippen LogP contribution in [0.25, 0.3) is 0 Å². The highest BCUT2D eigenvalue weighted by molar-refractivity contribution is 7.91. The largest absolute Gasteiger partial charge is 0.481 e. The Balaban J connectivity index is 1.55. The maximum atomic E-state index is 12.8. The van der Waals surface area contributed by atoms with Gasteiger partial charge in [0, 0.05) is 18.0 Å². The molecule has 5 nitrogen and oxygen atoms in total. The quantitative estimate of drug-likeness (QED) is 0.782. The summed E-state index contributed by atoms with van der Waals surface area (Å²) in [5.74, 6) is -0.400. The predicted octanol–water partition coefficient (Wildman–Crippen LogP) is 3.41. The summed E-state index contributed by atoms with van der Waals surface area (Å²) in [7, 11) is -3.51. The van der Waals surface area contributed by atoms with Crippen LogP contribution in [0, 0.1) is 5.92 Å². The smallest absolute Gasteiger partial charge is 0.308 e. The molecule has 1 saturated heterocycles.